The summed E-state index contributed by atoms with van der Waals surface area (Å²) in [4.78, 5) is 0. The zero-order chi connectivity index (χ0) is 14.0. The number of benzene rings is 2. The Morgan fingerprint density at radius 2 is 1.74 bits per heavy atom. The van der Waals surface area contributed by atoms with Crippen molar-refractivity contribution in [3.63, 3.8) is 0 Å². The van der Waals surface area contributed by atoms with Crippen LogP contribution in [0.15, 0.2) is 36.4 Å². The largest absolute Gasteiger partial charge is 0.457 e. The predicted molar refractivity (Wildman–Crippen MR) is 65.4 cm³/mol. The van der Waals surface area contributed by atoms with E-state index in [1.165, 1.54) is 24.3 Å². The molecule has 0 fully saturated rings. The van der Waals surface area contributed by atoms with Crippen LogP contribution in [0.25, 0.3) is 0 Å². The molecule has 0 aliphatic heterocycles. The minimum absolute atomic E-state index is 0.118. The average Bonchev–Trinajstić information content (AvgIpc) is 2.36. The zero-order valence-corrected chi connectivity index (χ0v) is 10.2. The van der Waals surface area contributed by atoms with Crippen LogP contribution in [0.2, 0.25) is 0 Å². The Labute approximate surface area is 108 Å². The van der Waals surface area contributed by atoms with Gasteiger partial charge in [-0.2, -0.15) is 0 Å². The summed E-state index contributed by atoms with van der Waals surface area (Å²) < 4.78 is 44.4. The Kier molecular flexibility index (Phi) is 3.76. The molecule has 2 N–H and O–H groups in total. The first-order chi connectivity index (χ1) is 8.97. The summed E-state index contributed by atoms with van der Waals surface area (Å²) in [7, 11) is 0. The maximum Gasteiger partial charge on any atom is 0.162 e. The number of ether oxygens (including phenoxy) is 1. The second kappa shape index (κ2) is 5.32. The molecule has 2 nitrogen and oxygen atoms in total. The molecule has 0 heterocycles. The minimum atomic E-state index is -1.01. The van der Waals surface area contributed by atoms with Crippen molar-refractivity contribution in [2.45, 2.75) is 13.0 Å². The smallest absolute Gasteiger partial charge is 0.162 e. The minimum Gasteiger partial charge on any atom is -0.457 e. The first-order valence-corrected chi connectivity index (χ1v) is 5.65. The monoisotopic (exact) mass is 267 g/mol. The van der Waals surface area contributed by atoms with E-state index in [1.807, 2.05) is 0 Å². The van der Waals surface area contributed by atoms with E-state index in [1.54, 1.807) is 6.92 Å². The first kappa shape index (κ1) is 13.4. The van der Waals surface area contributed by atoms with Crippen LogP contribution in [-0.2, 0) is 0 Å². The Balaban J connectivity index is 2.35. The van der Waals surface area contributed by atoms with Crippen LogP contribution in [0, 0.1) is 17.5 Å². The third-order valence-electron chi connectivity index (χ3n) is 2.58. The van der Waals surface area contributed by atoms with Crippen LogP contribution >= 0.6 is 0 Å². The molecule has 1 atom stereocenters. The van der Waals surface area contributed by atoms with Gasteiger partial charge in [-0.25, -0.2) is 13.2 Å². The standard InChI is InChI=1S/C14H12F3NO/c1-8(18)11-6-9(15)2-5-14(11)19-10-3-4-12(16)13(17)7-10/h2-8H,18H2,1H3. The molecule has 5 heteroatoms. The van der Waals surface area contributed by atoms with Crippen LogP contribution in [0.3, 0.4) is 0 Å². The van der Waals surface area contributed by atoms with Crippen molar-refractivity contribution in [2.24, 2.45) is 5.73 Å². The molecule has 19 heavy (non-hydrogen) atoms. The van der Waals surface area contributed by atoms with Crippen LogP contribution in [0.4, 0.5) is 13.2 Å². The van der Waals surface area contributed by atoms with E-state index in [9.17, 15) is 13.2 Å². The number of hydrogen-bond acceptors (Lipinski definition) is 2. The summed E-state index contributed by atoms with van der Waals surface area (Å²) in [6.07, 6.45) is 0. The highest BCUT2D eigenvalue weighted by Crippen LogP contribution is 2.30. The van der Waals surface area contributed by atoms with E-state index in [-0.39, 0.29) is 5.75 Å². The topological polar surface area (TPSA) is 35.2 Å². The fraction of sp³-hybridized carbons (Fsp3) is 0.143. The van der Waals surface area contributed by atoms with E-state index in [4.69, 9.17) is 10.5 Å². The summed E-state index contributed by atoms with van der Waals surface area (Å²) in [6, 6.07) is 6.57. The number of hydrogen-bond donors (Lipinski definition) is 1. The van der Waals surface area contributed by atoms with Crippen LogP contribution in [0.1, 0.15) is 18.5 Å². The Morgan fingerprint density at radius 3 is 2.37 bits per heavy atom. The Hall–Kier alpha value is -2.01. The van der Waals surface area contributed by atoms with Crippen molar-refractivity contribution < 1.29 is 17.9 Å². The molecule has 0 aliphatic rings. The summed E-state index contributed by atoms with van der Waals surface area (Å²) >= 11 is 0. The lowest BCUT2D eigenvalue weighted by atomic mass is 10.1. The summed E-state index contributed by atoms with van der Waals surface area (Å²) in [6.45, 7) is 1.67. The van der Waals surface area contributed by atoms with Gasteiger partial charge in [-0.3, -0.25) is 0 Å². The van der Waals surface area contributed by atoms with Crippen LogP contribution in [0.5, 0.6) is 11.5 Å². The molecular weight excluding hydrogens is 255 g/mol. The second-order valence-electron chi connectivity index (χ2n) is 4.15. The van der Waals surface area contributed by atoms with Crippen molar-refractivity contribution in [1.82, 2.24) is 0 Å². The van der Waals surface area contributed by atoms with Crippen LogP contribution in [-0.4, -0.2) is 0 Å². The molecule has 1 unspecified atom stereocenters. The molecule has 0 amide bonds. The predicted octanol–water partition coefficient (Wildman–Crippen LogP) is 3.92. The van der Waals surface area contributed by atoms with E-state index >= 15 is 0 Å². The molecule has 0 bridgehead atoms. The Bertz CT molecular complexity index is 599. The van der Waals surface area contributed by atoms with Gasteiger partial charge in [0, 0.05) is 17.7 Å². The van der Waals surface area contributed by atoms with Gasteiger partial charge in [0.25, 0.3) is 0 Å². The zero-order valence-electron chi connectivity index (χ0n) is 10.2. The molecule has 0 saturated heterocycles. The number of nitrogens with two attached hydrogens (primary N) is 1. The van der Waals surface area contributed by atoms with Gasteiger partial charge in [0.05, 0.1) is 0 Å². The molecule has 100 valence electrons. The normalized spacial score (nSPS) is 12.3. The highest BCUT2D eigenvalue weighted by Gasteiger charge is 2.11. The average molecular weight is 267 g/mol. The maximum atomic E-state index is 13.1. The van der Waals surface area contributed by atoms with E-state index in [0.29, 0.717) is 11.3 Å². The van der Waals surface area contributed by atoms with Crippen LogP contribution < -0.4 is 10.5 Å². The molecule has 0 spiro atoms. The van der Waals surface area contributed by atoms with E-state index < -0.39 is 23.5 Å². The fourth-order valence-electron chi connectivity index (χ4n) is 1.64. The SMILES string of the molecule is CC(N)c1cc(F)ccc1Oc1ccc(F)c(F)c1. The molecule has 0 saturated carbocycles. The first-order valence-electron chi connectivity index (χ1n) is 5.65. The quantitative estimate of drug-likeness (QED) is 0.914. The van der Waals surface area contributed by atoms with Gasteiger partial charge in [0.15, 0.2) is 11.6 Å². The van der Waals surface area contributed by atoms with Gasteiger partial charge in [0.2, 0.25) is 0 Å². The molecule has 2 aromatic rings. The van der Waals surface area contributed by atoms with Crippen molar-refractivity contribution in [2.75, 3.05) is 0 Å². The molecule has 0 radical (unpaired) electrons. The second-order valence-corrected chi connectivity index (χ2v) is 4.15. The van der Waals surface area contributed by atoms with Crippen molar-refractivity contribution >= 4 is 0 Å². The molecular formula is C14H12F3NO. The summed E-state index contributed by atoms with van der Waals surface area (Å²) in [5, 5.41) is 0. The van der Waals surface area contributed by atoms with Gasteiger partial charge >= 0.3 is 0 Å². The van der Waals surface area contributed by atoms with E-state index in [2.05, 4.69) is 0 Å². The summed E-state index contributed by atoms with van der Waals surface area (Å²) in [5.41, 5.74) is 6.16. The highest BCUT2D eigenvalue weighted by molar-refractivity contribution is 5.40. The molecule has 0 aromatic heterocycles. The fourth-order valence-corrected chi connectivity index (χ4v) is 1.64. The maximum absolute atomic E-state index is 13.1. The van der Waals surface area contributed by atoms with E-state index in [0.717, 1.165) is 12.1 Å². The van der Waals surface area contributed by atoms with Crippen molar-refractivity contribution in [3.05, 3.63) is 59.4 Å². The number of halogens is 3. The molecule has 0 aliphatic carbocycles. The molecule has 2 aromatic carbocycles. The van der Waals surface area contributed by atoms with Gasteiger partial charge < -0.3 is 10.5 Å². The van der Waals surface area contributed by atoms with Gasteiger partial charge in [0.1, 0.15) is 17.3 Å². The highest BCUT2D eigenvalue weighted by atomic mass is 19.2. The lowest BCUT2D eigenvalue weighted by Gasteiger charge is -2.14. The van der Waals surface area contributed by atoms with Gasteiger partial charge in [-0.15, -0.1) is 0 Å². The third kappa shape index (κ3) is 3.06. The lowest BCUT2D eigenvalue weighted by Crippen LogP contribution is -2.07. The summed E-state index contributed by atoms with van der Waals surface area (Å²) in [5.74, 6) is -1.99. The molecule has 2 rings (SSSR count). The number of rotatable bonds is 3. The van der Waals surface area contributed by atoms with Gasteiger partial charge in [-0.05, 0) is 37.3 Å². The Morgan fingerprint density at radius 1 is 1.00 bits per heavy atom. The third-order valence-corrected chi connectivity index (χ3v) is 2.58. The van der Waals surface area contributed by atoms with Crippen molar-refractivity contribution in [3.8, 4) is 11.5 Å². The van der Waals surface area contributed by atoms with Crippen molar-refractivity contribution in [1.29, 1.82) is 0 Å². The lowest BCUT2D eigenvalue weighted by molar-refractivity contribution is 0.453. The van der Waals surface area contributed by atoms with Gasteiger partial charge in [-0.1, -0.05) is 0 Å².